The van der Waals surface area contributed by atoms with Gasteiger partial charge in [0.25, 0.3) is 0 Å². The van der Waals surface area contributed by atoms with E-state index in [4.69, 9.17) is 4.74 Å². The Labute approximate surface area is 193 Å². The summed E-state index contributed by atoms with van der Waals surface area (Å²) in [6.07, 6.45) is 7.35. The number of halogens is 1. The number of piperidine rings is 1. The van der Waals surface area contributed by atoms with Crippen molar-refractivity contribution in [1.29, 1.82) is 0 Å². The van der Waals surface area contributed by atoms with Gasteiger partial charge in [0.2, 0.25) is 11.8 Å². The number of nitrogens with zero attached hydrogens (tertiary/aromatic N) is 4. The van der Waals surface area contributed by atoms with E-state index >= 15 is 0 Å². The number of anilines is 1. The molecule has 1 amide bonds. The first kappa shape index (κ1) is 22.2. The molecule has 3 N–H and O–H groups in total. The lowest BCUT2D eigenvalue weighted by molar-refractivity contribution is -0.119. The molecule has 33 heavy (non-hydrogen) atoms. The minimum absolute atomic E-state index is 0.0118. The molecule has 178 valence electrons. The average molecular weight is 458 g/mol. The number of nitrogens with one attached hydrogen (secondary N) is 3. The molecule has 3 fully saturated rings. The maximum Gasteiger partial charge on any atom is 0.243 e. The standard InChI is InChI=1S/C23H32FN7O2/c1-30-7-5-16(6-8-30)33-21-4-3-15(12-25-21)27-23(32)22-18-9-17(14-11-26-31(2)13-14)19(24)10-20(18)28-29-22/h3-4,11-13,16-20,22,28-29H,5-10H2,1-2H3,(H,27,32). The van der Waals surface area contributed by atoms with Crippen molar-refractivity contribution in [2.24, 2.45) is 13.0 Å². The quantitative estimate of drug-likeness (QED) is 0.628. The third kappa shape index (κ3) is 4.87. The number of aromatic nitrogens is 3. The van der Waals surface area contributed by atoms with Gasteiger partial charge in [-0.1, -0.05) is 0 Å². The fraction of sp³-hybridized carbons (Fsp3) is 0.609. The van der Waals surface area contributed by atoms with E-state index in [9.17, 15) is 9.18 Å². The molecular weight excluding hydrogens is 425 g/mol. The molecule has 4 heterocycles. The SMILES string of the molecule is CN1CCC(Oc2ccc(NC(=O)C3NNC4CC(F)C(c5cnn(C)c5)CC43)cn2)CC1. The van der Waals surface area contributed by atoms with Crippen molar-refractivity contribution in [3.05, 3.63) is 36.3 Å². The van der Waals surface area contributed by atoms with Crippen LogP contribution >= 0.6 is 0 Å². The second-order valence-corrected chi connectivity index (χ2v) is 9.57. The second kappa shape index (κ2) is 9.36. The number of carbonyl (C=O) groups is 1. The third-order valence-electron chi connectivity index (χ3n) is 7.20. The van der Waals surface area contributed by atoms with E-state index in [2.05, 4.69) is 38.2 Å². The van der Waals surface area contributed by atoms with E-state index in [1.165, 1.54) is 0 Å². The molecule has 5 unspecified atom stereocenters. The van der Waals surface area contributed by atoms with Gasteiger partial charge in [0.15, 0.2) is 0 Å². The first-order valence-corrected chi connectivity index (χ1v) is 11.7. The summed E-state index contributed by atoms with van der Waals surface area (Å²) >= 11 is 0. The Morgan fingerprint density at radius 1 is 1.18 bits per heavy atom. The van der Waals surface area contributed by atoms with Gasteiger partial charge in [-0.2, -0.15) is 5.10 Å². The van der Waals surface area contributed by atoms with Gasteiger partial charge in [-0.25, -0.2) is 14.8 Å². The zero-order valence-electron chi connectivity index (χ0n) is 19.1. The number of hydrazine groups is 1. The molecule has 2 aromatic rings. The van der Waals surface area contributed by atoms with Crippen LogP contribution in [-0.2, 0) is 11.8 Å². The summed E-state index contributed by atoms with van der Waals surface area (Å²) in [4.78, 5) is 19.7. The predicted molar refractivity (Wildman–Crippen MR) is 121 cm³/mol. The largest absolute Gasteiger partial charge is 0.474 e. The Morgan fingerprint density at radius 2 is 2.00 bits per heavy atom. The molecule has 3 aliphatic rings. The Bertz CT molecular complexity index is 960. The summed E-state index contributed by atoms with van der Waals surface area (Å²) in [6.45, 7) is 2.04. The van der Waals surface area contributed by atoms with E-state index in [1.807, 2.05) is 19.3 Å². The highest BCUT2D eigenvalue weighted by Crippen LogP contribution is 2.41. The van der Waals surface area contributed by atoms with Crippen LogP contribution < -0.4 is 20.9 Å². The number of likely N-dealkylation sites (tertiary alicyclic amines) is 1. The number of pyridine rings is 1. The Hall–Kier alpha value is -2.56. The minimum Gasteiger partial charge on any atom is -0.474 e. The Morgan fingerprint density at radius 3 is 2.70 bits per heavy atom. The minimum atomic E-state index is -0.965. The van der Waals surface area contributed by atoms with Crippen LogP contribution in [0.15, 0.2) is 30.7 Å². The van der Waals surface area contributed by atoms with Gasteiger partial charge in [0.1, 0.15) is 18.3 Å². The van der Waals surface area contributed by atoms with Crippen LogP contribution in [-0.4, -0.2) is 70.1 Å². The zero-order valence-corrected chi connectivity index (χ0v) is 19.1. The molecule has 0 spiro atoms. The van der Waals surface area contributed by atoms with Crippen molar-refractivity contribution in [3.63, 3.8) is 0 Å². The number of rotatable bonds is 5. The number of fused-ring (bicyclic) bond motifs is 1. The number of amides is 1. The molecule has 0 radical (unpaired) electrons. The van der Waals surface area contributed by atoms with Crippen molar-refractivity contribution in [2.45, 2.75) is 56.0 Å². The summed E-state index contributed by atoms with van der Waals surface area (Å²) in [6, 6.07) is 3.08. The number of hydrogen-bond donors (Lipinski definition) is 3. The highest BCUT2D eigenvalue weighted by molar-refractivity contribution is 5.95. The second-order valence-electron chi connectivity index (χ2n) is 9.57. The molecule has 9 nitrogen and oxygen atoms in total. The molecule has 2 saturated heterocycles. The number of alkyl halides is 1. The van der Waals surface area contributed by atoms with E-state index in [-0.39, 0.29) is 29.9 Å². The lowest BCUT2D eigenvalue weighted by Crippen LogP contribution is -2.43. The van der Waals surface area contributed by atoms with Gasteiger partial charge in [0, 0.05) is 50.3 Å². The fourth-order valence-corrected chi connectivity index (χ4v) is 5.28. The summed E-state index contributed by atoms with van der Waals surface area (Å²) < 4.78 is 22.5. The topological polar surface area (TPSA) is 96.3 Å². The maximum atomic E-state index is 14.9. The molecule has 0 aromatic carbocycles. The van der Waals surface area contributed by atoms with E-state index in [0.29, 0.717) is 24.4 Å². The predicted octanol–water partition coefficient (Wildman–Crippen LogP) is 1.60. The maximum absolute atomic E-state index is 14.9. The van der Waals surface area contributed by atoms with Gasteiger partial charge in [-0.05, 0) is 44.4 Å². The van der Waals surface area contributed by atoms with Crippen molar-refractivity contribution in [3.8, 4) is 5.88 Å². The molecule has 0 bridgehead atoms. The van der Waals surface area contributed by atoms with Gasteiger partial charge in [-0.15, -0.1) is 0 Å². The van der Waals surface area contributed by atoms with E-state index < -0.39 is 12.2 Å². The van der Waals surface area contributed by atoms with Gasteiger partial charge in [-0.3, -0.25) is 14.9 Å². The first-order valence-electron chi connectivity index (χ1n) is 11.7. The van der Waals surface area contributed by atoms with E-state index in [1.54, 1.807) is 23.1 Å². The summed E-state index contributed by atoms with van der Waals surface area (Å²) in [5, 5.41) is 7.14. The van der Waals surface area contributed by atoms with Crippen molar-refractivity contribution in [2.75, 3.05) is 25.5 Å². The number of hydrogen-bond acceptors (Lipinski definition) is 7. The molecule has 10 heteroatoms. The van der Waals surface area contributed by atoms with Crippen LogP contribution in [0, 0.1) is 5.92 Å². The van der Waals surface area contributed by atoms with Gasteiger partial charge >= 0.3 is 0 Å². The Balaban J connectivity index is 1.19. The molecule has 1 aliphatic carbocycles. The van der Waals surface area contributed by atoms with Crippen LogP contribution in [0.5, 0.6) is 5.88 Å². The molecule has 1 saturated carbocycles. The first-order chi connectivity index (χ1) is 16.0. The number of carbonyl (C=O) groups excluding carboxylic acids is 1. The normalized spacial score (nSPS) is 30.7. The third-order valence-corrected chi connectivity index (χ3v) is 7.20. The van der Waals surface area contributed by atoms with Crippen LogP contribution in [0.4, 0.5) is 10.1 Å². The zero-order chi connectivity index (χ0) is 22.9. The average Bonchev–Trinajstić information content (AvgIpc) is 3.42. The lowest BCUT2D eigenvalue weighted by Gasteiger charge is -2.34. The molecular formula is C23H32FN7O2. The summed E-state index contributed by atoms with van der Waals surface area (Å²) in [5.41, 5.74) is 7.72. The molecule has 2 aromatic heterocycles. The Kier molecular flexibility index (Phi) is 6.31. The van der Waals surface area contributed by atoms with Crippen LogP contribution in [0.1, 0.15) is 37.2 Å². The number of ether oxygens (including phenoxy) is 1. The van der Waals surface area contributed by atoms with Gasteiger partial charge < -0.3 is 15.0 Å². The van der Waals surface area contributed by atoms with Crippen molar-refractivity contribution in [1.82, 2.24) is 30.5 Å². The smallest absolute Gasteiger partial charge is 0.243 e. The lowest BCUT2D eigenvalue weighted by atomic mass is 9.73. The summed E-state index contributed by atoms with van der Waals surface area (Å²) in [5.74, 6) is 0.156. The van der Waals surface area contributed by atoms with Crippen molar-refractivity contribution >= 4 is 11.6 Å². The molecule has 5 atom stereocenters. The highest BCUT2D eigenvalue weighted by Gasteiger charge is 2.47. The number of aryl methyl sites for hydroxylation is 1. The van der Waals surface area contributed by atoms with Gasteiger partial charge in [0.05, 0.1) is 18.1 Å². The summed E-state index contributed by atoms with van der Waals surface area (Å²) in [7, 11) is 3.94. The van der Waals surface area contributed by atoms with Crippen LogP contribution in [0.25, 0.3) is 0 Å². The van der Waals surface area contributed by atoms with Crippen molar-refractivity contribution < 1.29 is 13.9 Å². The molecule has 5 rings (SSSR count). The highest BCUT2D eigenvalue weighted by atomic mass is 19.1. The fourth-order valence-electron chi connectivity index (χ4n) is 5.28. The van der Waals surface area contributed by atoms with Crippen LogP contribution in [0.3, 0.4) is 0 Å². The van der Waals surface area contributed by atoms with E-state index in [0.717, 1.165) is 31.5 Å². The van der Waals surface area contributed by atoms with Crippen LogP contribution in [0.2, 0.25) is 0 Å². The molecule has 2 aliphatic heterocycles. The monoisotopic (exact) mass is 457 g/mol.